The van der Waals surface area contributed by atoms with Crippen LogP contribution in [-0.4, -0.2) is 47.6 Å². The zero-order chi connectivity index (χ0) is 24.8. The van der Waals surface area contributed by atoms with Crippen molar-refractivity contribution in [1.29, 1.82) is 0 Å². The molecule has 2 aliphatic rings. The molecule has 4 rings (SSSR count). The summed E-state index contributed by atoms with van der Waals surface area (Å²) < 4.78 is 42.5. The molecule has 178 valence electrons. The SMILES string of the molecule is Cc1cc(C2=NOC(c3cc(Cl)cc(Cl)c3)(C(F)(F)F)C2)ccc1C(=O)N1CC(=O)NC(=O)C1. The summed E-state index contributed by atoms with van der Waals surface area (Å²) in [6, 6.07) is 7.91. The van der Waals surface area contributed by atoms with Crippen LogP contribution in [0.2, 0.25) is 10.0 Å². The van der Waals surface area contributed by atoms with Crippen LogP contribution in [0.1, 0.15) is 33.5 Å². The molecular formula is C22H16Cl2F3N3O4. The highest BCUT2D eigenvalue weighted by molar-refractivity contribution is 6.34. The fourth-order valence-corrected chi connectivity index (χ4v) is 4.41. The van der Waals surface area contributed by atoms with Gasteiger partial charge in [0.25, 0.3) is 11.5 Å². The molecule has 1 atom stereocenters. The molecule has 12 heteroatoms. The fraction of sp³-hybridized carbons (Fsp3) is 0.273. The van der Waals surface area contributed by atoms with E-state index in [9.17, 15) is 27.6 Å². The molecule has 2 aromatic rings. The van der Waals surface area contributed by atoms with Gasteiger partial charge in [-0.1, -0.05) is 34.4 Å². The average molecular weight is 514 g/mol. The number of oxime groups is 1. The zero-order valence-electron chi connectivity index (χ0n) is 17.5. The van der Waals surface area contributed by atoms with Crippen molar-refractivity contribution in [2.24, 2.45) is 5.16 Å². The number of imide groups is 1. The van der Waals surface area contributed by atoms with Gasteiger partial charge in [-0.05, 0) is 48.4 Å². The lowest BCUT2D eigenvalue weighted by Crippen LogP contribution is -2.53. The third-order valence-electron chi connectivity index (χ3n) is 5.54. The summed E-state index contributed by atoms with van der Waals surface area (Å²) in [5.74, 6) is -1.74. The summed E-state index contributed by atoms with van der Waals surface area (Å²) in [6.07, 6.45) is -5.47. The highest BCUT2D eigenvalue weighted by Gasteiger charge is 2.62. The van der Waals surface area contributed by atoms with E-state index in [-0.39, 0.29) is 40.0 Å². The van der Waals surface area contributed by atoms with Crippen LogP contribution >= 0.6 is 23.2 Å². The number of piperazine rings is 1. The smallest absolute Gasteiger partial charge is 0.374 e. The fourth-order valence-electron chi connectivity index (χ4n) is 3.88. The summed E-state index contributed by atoms with van der Waals surface area (Å²) in [5, 5.41) is 5.85. The van der Waals surface area contributed by atoms with Gasteiger partial charge in [0, 0.05) is 27.6 Å². The molecular weight excluding hydrogens is 498 g/mol. The van der Waals surface area contributed by atoms with E-state index in [0.29, 0.717) is 11.1 Å². The van der Waals surface area contributed by atoms with Gasteiger partial charge in [-0.3, -0.25) is 19.7 Å². The van der Waals surface area contributed by atoms with Crippen LogP contribution in [0.4, 0.5) is 13.2 Å². The predicted octanol–water partition coefficient (Wildman–Crippen LogP) is 3.98. The molecule has 3 amide bonds. The van der Waals surface area contributed by atoms with Crippen molar-refractivity contribution in [3.63, 3.8) is 0 Å². The molecule has 34 heavy (non-hydrogen) atoms. The Morgan fingerprint density at radius 1 is 1.09 bits per heavy atom. The van der Waals surface area contributed by atoms with E-state index in [1.807, 2.05) is 0 Å². The van der Waals surface area contributed by atoms with E-state index < -0.39 is 35.9 Å². The second-order valence-corrected chi connectivity index (χ2v) is 8.82. The zero-order valence-corrected chi connectivity index (χ0v) is 19.0. The van der Waals surface area contributed by atoms with Crippen molar-refractivity contribution >= 4 is 46.6 Å². The molecule has 2 aliphatic heterocycles. The first-order valence-corrected chi connectivity index (χ1v) is 10.7. The number of carbonyl (C=O) groups excluding carboxylic acids is 3. The van der Waals surface area contributed by atoms with Crippen LogP contribution in [0.15, 0.2) is 41.6 Å². The van der Waals surface area contributed by atoms with E-state index in [1.165, 1.54) is 24.3 Å². The highest BCUT2D eigenvalue weighted by Crippen LogP contribution is 2.49. The topological polar surface area (TPSA) is 88.1 Å². The van der Waals surface area contributed by atoms with Gasteiger partial charge < -0.3 is 9.74 Å². The summed E-state index contributed by atoms with van der Waals surface area (Å²) in [6.45, 7) is 1.04. The lowest BCUT2D eigenvalue weighted by atomic mass is 9.86. The van der Waals surface area contributed by atoms with Gasteiger partial charge in [-0.25, -0.2) is 0 Å². The number of rotatable bonds is 3. The highest BCUT2D eigenvalue weighted by atomic mass is 35.5. The molecule has 1 unspecified atom stereocenters. The molecule has 1 fully saturated rings. The number of nitrogens with one attached hydrogen (secondary N) is 1. The van der Waals surface area contributed by atoms with Crippen LogP contribution in [0.25, 0.3) is 0 Å². The van der Waals surface area contributed by atoms with E-state index >= 15 is 0 Å². The van der Waals surface area contributed by atoms with Gasteiger partial charge in [0.05, 0.1) is 5.71 Å². The second kappa shape index (κ2) is 8.59. The Morgan fingerprint density at radius 3 is 2.26 bits per heavy atom. The summed E-state index contributed by atoms with van der Waals surface area (Å²) >= 11 is 11.8. The molecule has 0 aliphatic carbocycles. The number of benzene rings is 2. The van der Waals surface area contributed by atoms with Crippen LogP contribution in [0, 0.1) is 6.92 Å². The predicted molar refractivity (Wildman–Crippen MR) is 117 cm³/mol. The minimum Gasteiger partial charge on any atom is -0.374 e. The van der Waals surface area contributed by atoms with Crippen molar-refractivity contribution in [2.75, 3.05) is 13.1 Å². The number of halogens is 5. The number of hydrogen-bond donors (Lipinski definition) is 1. The lowest BCUT2D eigenvalue weighted by molar-refractivity contribution is -0.275. The van der Waals surface area contributed by atoms with E-state index in [1.54, 1.807) is 6.92 Å². The van der Waals surface area contributed by atoms with Crippen LogP contribution in [0.5, 0.6) is 0 Å². The maximum absolute atomic E-state index is 14.2. The summed E-state index contributed by atoms with van der Waals surface area (Å²) in [5.41, 5.74) is -2.09. The van der Waals surface area contributed by atoms with E-state index in [2.05, 4.69) is 10.5 Å². The first kappa shape index (κ1) is 24.0. The Hall–Kier alpha value is -3.11. The Kier molecular flexibility index (Phi) is 6.07. The Balaban J connectivity index is 1.62. The first-order valence-electron chi connectivity index (χ1n) is 9.91. The maximum Gasteiger partial charge on any atom is 0.435 e. The Morgan fingerprint density at radius 2 is 1.71 bits per heavy atom. The van der Waals surface area contributed by atoms with Crippen LogP contribution in [0.3, 0.4) is 0 Å². The Bertz CT molecular complexity index is 1210. The lowest BCUT2D eigenvalue weighted by Gasteiger charge is -2.29. The Labute approximate surface area is 201 Å². The van der Waals surface area contributed by atoms with Gasteiger partial charge in [0.15, 0.2) is 0 Å². The molecule has 2 heterocycles. The van der Waals surface area contributed by atoms with Crippen molar-refractivity contribution in [1.82, 2.24) is 10.2 Å². The van der Waals surface area contributed by atoms with Gasteiger partial charge in [0.1, 0.15) is 13.1 Å². The number of hydrogen-bond acceptors (Lipinski definition) is 5. The monoisotopic (exact) mass is 513 g/mol. The van der Waals surface area contributed by atoms with Crippen molar-refractivity contribution < 1.29 is 32.4 Å². The van der Waals surface area contributed by atoms with Crippen LogP contribution < -0.4 is 5.32 Å². The largest absolute Gasteiger partial charge is 0.435 e. The number of amides is 3. The molecule has 0 bridgehead atoms. The molecule has 1 saturated heterocycles. The van der Waals surface area contributed by atoms with Crippen molar-refractivity contribution in [3.8, 4) is 0 Å². The third-order valence-corrected chi connectivity index (χ3v) is 5.98. The average Bonchev–Trinajstić information content (AvgIpc) is 3.19. The standard InChI is InChI=1S/C22H16Cl2F3N3O4/c1-11-4-12(2-3-16(11)20(33)30-9-18(31)28-19(32)10-30)17-8-21(34-29-17,22(25,26)27)13-5-14(23)7-15(24)6-13/h2-7H,8-10H2,1H3,(H,28,31,32). The van der Waals surface area contributed by atoms with E-state index in [0.717, 1.165) is 17.0 Å². The quantitative estimate of drug-likeness (QED) is 0.628. The molecule has 1 N–H and O–H groups in total. The number of aryl methyl sites for hydroxylation is 1. The number of nitrogens with zero attached hydrogens (tertiary/aromatic N) is 2. The van der Waals surface area contributed by atoms with Gasteiger partial charge >= 0.3 is 6.18 Å². The molecule has 2 aromatic carbocycles. The molecule has 0 aromatic heterocycles. The van der Waals surface area contributed by atoms with Gasteiger partial charge in [-0.15, -0.1) is 0 Å². The van der Waals surface area contributed by atoms with Gasteiger partial charge in [-0.2, -0.15) is 13.2 Å². The first-order chi connectivity index (χ1) is 15.9. The number of alkyl halides is 3. The molecule has 0 spiro atoms. The third kappa shape index (κ3) is 4.35. The maximum atomic E-state index is 14.2. The minimum atomic E-state index is -4.83. The van der Waals surface area contributed by atoms with Crippen molar-refractivity contribution in [3.05, 3.63) is 68.7 Å². The minimum absolute atomic E-state index is 0.0167. The normalized spacial score (nSPS) is 20.6. The summed E-state index contributed by atoms with van der Waals surface area (Å²) in [4.78, 5) is 42.0. The second-order valence-electron chi connectivity index (χ2n) is 7.95. The van der Waals surface area contributed by atoms with Crippen molar-refractivity contribution in [2.45, 2.75) is 25.1 Å². The molecule has 0 radical (unpaired) electrons. The summed E-state index contributed by atoms with van der Waals surface area (Å²) in [7, 11) is 0. The molecule has 7 nitrogen and oxygen atoms in total. The molecule has 0 saturated carbocycles. The van der Waals surface area contributed by atoms with Gasteiger partial charge in [0.2, 0.25) is 11.8 Å². The van der Waals surface area contributed by atoms with E-state index in [4.69, 9.17) is 28.0 Å². The number of carbonyl (C=O) groups is 3. The van der Waals surface area contributed by atoms with Crippen LogP contribution in [-0.2, 0) is 20.0 Å².